The van der Waals surface area contributed by atoms with Gasteiger partial charge in [0.05, 0.1) is 11.4 Å². The van der Waals surface area contributed by atoms with Crippen molar-refractivity contribution in [2.45, 2.75) is 0 Å². The van der Waals surface area contributed by atoms with E-state index in [1.807, 2.05) is 42.3 Å². The van der Waals surface area contributed by atoms with E-state index in [2.05, 4.69) is 48.6 Å². The molecule has 0 N–H and O–H groups in total. The Balaban J connectivity index is 1.85. The Kier molecular flexibility index (Phi) is 2.98. The number of amides is 2. The molecular weight excluding hydrogens is 308 g/mol. The lowest BCUT2D eigenvalue weighted by atomic mass is 9.86. The van der Waals surface area contributed by atoms with Crippen molar-refractivity contribution in [2.24, 2.45) is 5.92 Å². The quantitative estimate of drug-likeness (QED) is 0.744. The Morgan fingerprint density at radius 3 is 2.52 bits per heavy atom. The first-order valence-electron chi connectivity index (χ1n) is 8.46. The number of carbonyl (C=O) groups is 1. The van der Waals surface area contributed by atoms with E-state index >= 15 is 0 Å². The van der Waals surface area contributed by atoms with E-state index in [1.165, 1.54) is 5.57 Å². The monoisotopic (exact) mass is 325 g/mol. The van der Waals surface area contributed by atoms with Gasteiger partial charge in [0.2, 0.25) is 0 Å². The number of carbonyl (C=O) groups excluding carboxylic acids is 1. The molecule has 1 radical (unpaired) electrons. The van der Waals surface area contributed by atoms with E-state index in [4.69, 9.17) is 0 Å². The zero-order valence-electron chi connectivity index (χ0n) is 13.9. The molecule has 3 heteroatoms. The Morgan fingerprint density at radius 2 is 1.68 bits per heavy atom. The van der Waals surface area contributed by atoms with Gasteiger partial charge < -0.3 is 0 Å². The lowest BCUT2D eigenvalue weighted by Gasteiger charge is -2.37. The lowest BCUT2D eigenvalue weighted by Crippen LogP contribution is -2.44. The summed E-state index contributed by atoms with van der Waals surface area (Å²) in [5, 5.41) is 0. The maximum absolute atomic E-state index is 13.1. The first kappa shape index (κ1) is 14.3. The number of benzene rings is 2. The van der Waals surface area contributed by atoms with Gasteiger partial charge in [-0.25, -0.2) is 4.79 Å². The number of fused-ring (bicyclic) bond motifs is 5. The van der Waals surface area contributed by atoms with Crippen molar-refractivity contribution in [2.75, 3.05) is 11.9 Å². The molecule has 0 fully saturated rings. The second-order valence-corrected chi connectivity index (χ2v) is 6.47. The highest BCUT2D eigenvalue weighted by atomic mass is 16.2. The SMILES string of the molecule is CN1C(=O)N2[C]3C=CC=CC3C(c3ccccc3)=C2c2ccccc21. The molecule has 2 amide bonds. The van der Waals surface area contributed by atoms with Crippen LogP contribution in [0.1, 0.15) is 11.1 Å². The average molecular weight is 325 g/mol. The third-order valence-corrected chi connectivity index (χ3v) is 5.13. The molecule has 2 aromatic carbocycles. The number of rotatable bonds is 1. The van der Waals surface area contributed by atoms with Crippen LogP contribution >= 0.6 is 0 Å². The Hall–Kier alpha value is -3.07. The highest BCUT2D eigenvalue weighted by molar-refractivity contribution is 6.13. The van der Waals surface area contributed by atoms with Crippen LogP contribution in [-0.2, 0) is 0 Å². The summed E-state index contributed by atoms with van der Waals surface area (Å²) in [6, 6.07) is 19.5. The van der Waals surface area contributed by atoms with E-state index < -0.39 is 0 Å². The molecule has 3 nitrogen and oxygen atoms in total. The Labute approximate surface area is 147 Å². The molecule has 0 spiro atoms. The Morgan fingerprint density at radius 1 is 0.920 bits per heavy atom. The zero-order chi connectivity index (χ0) is 17.0. The van der Waals surface area contributed by atoms with Crippen LogP contribution in [0, 0.1) is 12.0 Å². The van der Waals surface area contributed by atoms with Crippen LogP contribution < -0.4 is 4.90 Å². The van der Waals surface area contributed by atoms with E-state index in [-0.39, 0.29) is 11.9 Å². The minimum atomic E-state index is -0.000388. The predicted molar refractivity (Wildman–Crippen MR) is 100 cm³/mol. The van der Waals surface area contributed by atoms with Crippen molar-refractivity contribution < 1.29 is 4.79 Å². The van der Waals surface area contributed by atoms with Gasteiger partial charge in [-0.2, -0.15) is 0 Å². The van der Waals surface area contributed by atoms with Gasteiger partial charge in [0.1, 0.15) is 6.04 Å². The largest absolute Gasteiger partial charge is 0.329 e. The number of nitrogens with zero attached hydrogens (tertiary/aromatic N) is 2. The predicted octanol–water partition coefficient (Wildman–Crippen LogP) is 4.71. The van der Waals surface area contributed by atoms with Crippen LogP contribution in [0.4, 0.5) is 10.5 Å². The van der Waals surface area contributed by atoms with E-state index in [0.717, 1.165) is 28.6 Å². The van der Waals surface area contributed by atoms with Gasteiger partial charge in [-0.1, -0.05) is 72.8 Å². The zero-order valence-corrected chi connectivity index (χ0v) is 13.9. The summed E-state index contributed by atoms with van der Waals surface area (Å²) in [6.45, 7) is 0. The minimum absolute atomic E-state index is 0.000388. The topological polar surface area (TPSA) is 23.6 Å². The molecule has 1 atom stereocenters. The van der Waals surface area contributed by atoms with Gasteiger partial charge in [-0.3, -0.25) is 9.80 Å². The molecule has 2 aliphatic heterocycles. The number of hydrogen-bond donors (Lipinski definition) is 0. The number of urea groups is 1. The molecule has 0 aromatic heterocycles. The molecule has 2 aromatic rings. The van der Waals surface area contributed by atoms with Gasteiger partial charge in [0.15, 0.2) is 0 Å². The lowest BCUT2D eigenvalue weighted by molar-refractivity contribution is 0.228. The van der Waals surface area contributed by atoms with Crippen molar-refractivity contribution in [1.29, 1.82) is 0 Å². The average Bonchev–Trinajstić information content (AvgIpc) is 3.02. The summed E-state index contributed by atoms with van der Waals surface area (Å²) in [7, 11) is 1.84. The van der Waals surface area contributed by atoms with E-state index in [0.29, 0.717) is 0 Å². The van der Waals surface area contributed by atoms with Crippen molar-refractivity contribution in [1.82, 2.24) is 4.90 Å². The molecule has 0 saturated heterocycles. The van der Waals surface area contributed by atoms with Gasteiger partial charge in [-0.15, -0.1) is 0 Å². The van der Waals surface area contributed by atoms with Crippen LogP contribution in [0.15, 0.2) is 78.9 Å². The maximum Gasteiger partial charge on any atom is 0.329 e. The molecule has 5 rings (SSSR count). The highest BCUT2D eigenvalue weighted by Gasteiger charge is 2.47. The van der Waals surface area contributed by atoms with Crippen molar-refractivity contribution in [3.05, 3.63) is 96.1 Å². The standard InChI is InChI=1S/C22H17N2O/c1-23-18-13-7-6-12-17(18)21-20(15-9-3-2-4-10-15)16-11-5-8-14-19(16)24(21)22(23)25/h2-14,16H,1H3. The summed E-state index contributed by atoms with van der Waals surface area (Å²) >= 11 is 0. The fraction of sp³-hybridized carbons (Fsp3) is 0.0909. The highest BCUT2D eigenvalue weighted by Crippen LogP contribution is 2.54. The minimum Gasteiger partial charge on any atom is -0.296 e. The molecule has 1 unspecified atom stereocenters. The molecule has 25 heavy (non-hydrogen) atoms. The van der Waals surface area contributed by atoms with Crippen LogP contribution in [-0.4, -0.2) is 18.0 Å². The summed E-state index contributed by atoms with van der Waals surface area (Å²) in [6.07, 6.45) is 8.31. The third-order valence-electron chi connectivity index (χ3n) is 5.13. The molecule has 121 valence electrons. The molecule has 1 aliphatic carbocycles. The van der Waals surface area contributed by atoms with Crippen LogP contribution in [0.3, 0.4) is 0 Å². The fourth-order valence-corrected chi connectivity index (χ4v) is 4.01. The molecule has 3 aliphatic rings. The fourth-order valence-electron chi connectivity index (χ4n) is 4.01. The van der Waals surface area contributed by atoms with E-state index in [1.54, 1.807) is 4.90 Å². The van der Waals surface area contributed by atoms with E-state index in [9.17, 15) is 4.79 Å². The van der Waals surface area contributed by atoms with Crippen molar-refractivity contribution >= 4 is 23.0 Å². The first-order valence-corrected chi connectivity index (χ1v) is 8.46. The number of para-hydroxylation sites is 1. The Bertz CT molecular complexity index is 955. The molecule has 2 heterocycles. The van der Waals surface area contributed by atoms with Gasteiger partial charge in [0.25, 0.3) is 0 Å². The summed E-state index contributed by atoms with van der Waals surface area (Å²) in [5.74, 6) is 0.103. The van der Waals surface area contributed by atoms with Crippen LogP contribution in [0.2, 0.25) is 0 Å². The molecule has 0 saturated carbocycles. The number of anilines is 1. The number of hydrogen-bond acceptors (Lipinski definition) is 1. The van der Waals surface area contributed by atoms with Crippen LogP contribution in [0.25, 0.3) is 11.3 Å². The molecule has 0 bridgehead atoms. The second kappa shape index (κ2) is 5.21. The normalized spacial score (nSPS) is 21.5. The summed E-state index contributed by atoms with van der Waals surface area (Å²) in [5.41, 5.74) is 5.44. The first-order chi connectivity index (χ1) is 12.3. The van der Waals surface area contributed by atoms with Crippen molar-refractivity contribution in [3.8, 4) is 0 Å². The number of allylic oxidation sites excluding steroid dienone is 2. The van der Waals surface area contributed by atoms with Gasteiger partial charge in [0, 0.05) is 18.5 Å². The second-order valence-electron chi connectivity index (χ2n) is 6.47. The van der Waals surface area contributed by atoms with Gasteiger partial charge in [-0.05, 0) is 17.2 Å². The maximum atomic E-state index is 13.1. The molecular formula is C22H17N2O. The third kappa shape index (κ3) is 1.89. The van der Waals surface area contributed by atoms with Crippen molar-refractivity contribution in [3.63, 3.8) is 0 Å². The smallest absolute Gasteiger partial charge is 0.296 e. The van der Waals surface area contributed by atoms with Gasteiger partial charge >= 0.3 is 6.03 Å². The summed E-state index contributed by atoms with van der Waals surface area (Å²) in [4.78, 5) is 16.8. The van der Waals surface area contributed by atoms with Crippen LogP contribution in [0.5, 0.6) is 0 Å². The summed E-state index contributed by atoms with van der Waals surface area (Å²) < 4.78 is 0.